The molecule has 0 amide bonds. The van der Waals surface area contributed by atoms with Crippen LogP contribution in [0.2, 0.25) is 5.15 Å². The number of rotatable bonds is 5. The predicted molar refractivity (Wildman–Crippen MR) is 58.9 cm³/mol. The van der Waals surface area contributed by atoms with Gasteiger partial charge in [0.05, 0.1) is 5.75 Å². The van der Waals surface area contributed by atoms with Gasteiger partial charge in [0.1, 0.15) is 5.15 Å². The number of halogens is 1. The molecule has 0 aliphatic heterocycles. The quantitative estimate of drug-likeness (QED) is 0.573. The molecule has 15 heavy (non-hydrogen) atoms. The number of hydrogen-bond acceptors (Lipinski definition) is 4. The minimum absolute atomic E-state index is 0.0754. The molecule has 0 spiro atoms. The molecular formula is C8H12ClN3O2S. The molecule has 1 rings (SSSR count). The van der Waals surface area contributed by atoms with Crippen LogP contribution in [0.3, 0.4) is 0 Å². The van der Waals surface area contributed by atoms with E-state index in [1.807, 2.05) is 6.07 Å². The van der Waals surface area contributed by atoms with Gasteiger partial charge in [0.2, 0.25) is 10.0 Å². The lowest BCUT2D eigenvalue weighted by Crippen LogP contribution is -2.26. The first-order valence-corrected chi connectivity index (χ1v) is 6.38. The Labute approximate surface area is 93.7 Å². The second kappa shape index (κ2) is 5.41. The first-order chi connectivity index (χ1) is 6.97. The van der Waals surface area contributed by atoms with Gasteiger partial charge < -0.3 is 5.32 Å². The first kappa shape index (κ1) is 12.4. The van der Waals surface area contributed by atoms with Crippen LogP contribution in [0.25, 0.3) is 0 Å². The largest absolute Gasteiger partial charge is 0.312 e. The molecule has 84 valence electrons. The van der Waals surface area contributed by atoms with Gasteiger partial charge in [0, 0.05) is 19.3 Å². The van der Waals surface area contributed by atoms with E-state index < -0.39 is 10.0 Å². The zero-order valence-corrected chi connectivity index (χ0v) is 9.55. The van der Waals surface area contributed by atoms with E-state index in [4.69, 9.17) is 16.7 Å². The van der Waals surface area contributed by atoms with Gasteiger partial charge in [0.15, 0.2) is 0 Å². The highest BCUT2D eigenvalue weighted by molar-refractivity contribution is 7.89. The number of primary sulfonamides is 1. The van der Waals surface area contributed by atoms with Crippen LogP contribution in [0.4, 0.5) is 0 Å². The summed E-state index contributed by atoms with van der Waals surface area (Å²) in [6.07, 6.45) is 1.63. The van der Waals surface area contributed by atoms with Gasteiger partial charge in [-0.3, -0.25) is 0 Å². The Morgan fingerprint density at radius 1 is 1.47 bits per heavy atom. The average Bonchev–Trinajstić information content (AvgIpc) is 2.14. The van der Waals surface area contributed by atoms with Gasteiger partial charge in [-0.25, -0.2) is 18.5 Å². The lowest BCUT2D eigenvalue weighted by Gasteiger charge is -2.03. The van der Waals surface area contributed by atoms with Crippen LogP contribution >= 0.6 is 11.6 Å². The van der Waals surface area contributed by atoms with Gasteiger partial charge in [-0.2, -0.15) is 0 Å². The topological polar surface area (TPSA) is 85.1 Å². The first-order valence-electron chi connectivity index (χ1n) is 4.29. The Morgan fingerprint density at radius 2 is 2.20 bits per heavy atom. The normalized spacial score (nSPS) is 11.6. The molecular weight excluding hydrogens is 238 g/mol. The third kappa shape index (κ3) is 5.68. The lowest BCUT2D eigenvalue weighted by molar-refractivity contribution is 0.592. The van der Waals surface area contributed by atoms with Crippen molar-refractivity contribution in [3.05, 3.63) is 29.0 Å². The summed E-state index contributed by atoms with van der Waals surface area (Å²) < 4.78 is 21.2. The molecule has 0 aliphatic carbocycles. The Bertz CT molecular complexity index is 404. The molecule has 0 aromatic carbocycles. The van der Waals surface area contributed by atoms with Crippen LogP contribution in [0, 0.1) is 0 Å². The summed E-state index contributed by atoms with van der Waals surface area (Å²) in [5, 5.41) is 8.21. The van der Waals surface area contributed by atoms with Gasteiger partial charge in [-0.1, -0.05) is 17.7 Å². The Hall–Kier alpha value is -0.690. The van der Waals surface area contributed by atoms with Crippen molar-refractivity contribution in [2.75, 3.05) is 12.3 Å². The molecule has 1 aromatic rings. The van der Waals surface area contributed by atoms with Crippen LogP contribution in [0.5, 0.6) is 0 Å². The number of sulfonamides is 1. The molecule has 0 saturated carbocycles. The Morgan fingerprint density at radius 3 is 2.73 bits per heavy atom. The molecule has 5 nitrogen and oxygen atoms in total. The highest BCUT2D eigenvalue weighted by Crippen LogP contribution is 2.04. The van der Waals surface area contributed by atoms with Crippen LogP contribution in [-0.4, -0.2) is 25.7 Å². The molecule has 0 atom stereocenters. The third-order valence-electron chi connectivity index (χ3n) is 1.68. The molecule has 0 radical (unpaired) electrons. The number of aromatic nitrogens is 1. The summed E-state index contributed by atoms with van der Waals surface area (Å²) in [6, 6.07) is 3.50. The summed E-state index contributed by atoms with van der Waals surface area (Å²) in [4.78, 5) is 3.89. The van der Waals surface area contributed by atoms with Crippen LogP contribution in [0.15, 0.2) is 18.3 Å². The smallest absolute Gasteiger partial charge is 0.210 e. The number of hydrogen-bond donors (Lipinski definition) is 2. The van der Waals surface area contributed by atoms with Crippen molar-refractivity contribution < 1.29 is 8.42 Å². The summed E-state index contributed by atoms with van der Waals surface area (Å²) in [5.74, 6) is -0.0754. The monoisotopic (exact) mass is 249 g/mol. The minimum atomic E-state index is -3.38. The lowest BCUT2D eigenvalue weighted by atomic mass is 10.3. The minimum Gasteiger partial charge on any atom is -0.312 e. The molecule has 0 aliphatic rings. The Kier molecular flexibility index (Phi) is 4.46. The molecule has 0 bridgehead atoms. The standard InChI is InChI=1S/C8H12ClN3O2S/c9-8-2-1-7(6-12-8)5-11-3-4-15(10,13)14/h1-2,6,11H,3-5H2,(H2,10,13,14). The van der Waals surface area contributed by atoms with Crippen molar-refractivity contribution in [1.29, 1.82) is 0 Å². The number of pyridine rings is 1. The fraction of sp³-hybridized carbons (Fsp3) is 0.375. The van der Waals surface area contributed by atoms with E-state index in [1.165, 1.54) is 0 Å². The van der Waals surface area contributed by atoms with Crippen molar-refractivity contribution in [3.8, 4) is 0 Å². The molecule has 1 heterocycles. The summed E-state index contributed by atoms with van der Waals surface area (Å²) in [6.45, 7) is 0.862. The molecule has 0 saturated heterocycles. The Balaban J connectivity index is 2.29. The molecule has 0 unspecified atom stereocenters. The summed E-state index contributed by atoms with van der Waals surface area (Å²) in [5.41, 5.74) is 0.939. The van der Waals surface area contributed by atoms with E-state index in [0.717, 1.165) is 5.56 Å². The summed E-state index contributed by atoms with van der Waals surface area (Å²) in [7, 11) is -3.38. The maximum atomic E-state index is 10.6. The average molecular weight is 250 g/mol. The SMILES string of the molecule is NS(=O)(=O)CCNCc1ccc(Cl)nc1. The van der Waals surface area contributed by atoms with E-state index in [0.29, 0.717) is 18.2 Å². The van der Waals surface area contributed by atoms with Gasteiger partial charge in [0.25, 0.3) is 0 Å². The van der Waals surface area contributed by atoms with E-state index in [1.54, 1.807) is 12.3 Å². The highest BCUT2D eigenvalue weighted by atomic mass is 35.5. The zero-order chi connectivity index (χ0) is 11.3. The molecule has 3 N–H and O–H groups in total. The zero-order valence-electron chi connectivity index (χ0n) is 7.98. The van der Waals surface area contributed by atoms with E-state index in [-0.39, 0.29) is 5.75 Å². The van der Waals surface area contributed by atoms with Crippen molar-refractivity contribution >= 4 is 21.6 Å². The fourth-order valence-corrected chi connectivity index (χ4v) is 1.50. The van der Waals surface area contributed by atoms with Crippen LogP contribution < -0.4 is 10.5 Å². The number of nitrogens with one attached hydrogen (secondary N) is 1. The summed E-state index contributed by atoms with van der Waals surface area (Å²) >= 11 is 5.61. The van der Waals surface area contributed by atoms with Crippen LogP contribution in [-0.2, 0) is 16.6 Å². The van der Waals surface area contributed by atoms with Crippen molar-refractivity contribution in [2.45, 2.75) is 6.54 Å². The van der Waals surface area contributed by atoms with Gasteiger partial charge in [-0.15, -0.1) is 0 Å². The van der Waals surface area contributed by atoms with Gasteiger partial charge in [-0.05, 0) is 11.6 Å². The molecule has 7 heteroatoms. The molecule has 0 fully saturated rings. The maximum absolute atomic E-state index is 10.6. The van der Waals surface area contributed by atoms with E-state index >= 15 is 0 Å². The van der Waals surface area contributed by atoms with E-state index in [9.17, 15) is 8.42 Å². The van der Waals surface area contributed by atoms with Crippen molar-refractivity contribution in [1.82, 2.24) is 10.3 Å². The van der Waals surface area contributed by atoms with Crippen LogP contribution in [0.1, 0.15) is 5.56 Å². The van der Waals surface area contributed by atoms with Crippen molar-refractivity contribution in [2.24, 2.45) is 5.14 Å². The predicted octanol–water partition coefficient (Wildman–Crippen LogP) is 0.113. The number of nitrogens with two attached hydrogens (primary N) is 1. The van der Waals surface area contributed by atoms with Gasteiger partial charge >= 0.3 is 0 Å². The molecule has 1 aromatic heterocycles. The van der Waals surface area contributed by atoms with E-state index in [2.05, 4.69) is 10.3 Å². The maximum Gasteiger partial charge on any atom is 0.210 e. The second-order valence-electron chi connectivity index (χ2n) is 3.03. The van der Waals surface area contributed by atoms with Crippen molar-refractivity contribution in [3.63, 3.8) is 0 Å². The third-order valence-corrected chi connectivity index (χ3v) is 2.68. The number of nitrogens with zero attached hydrogens (tertiary/aromatic N) is 1. The fourth-order valence-electron chi connectivity index (χ4n) is 0.958. The second-order valence-corrected chi connectivity index (χ2v) is 5.15. The highest BCUT2D eigenvalue weighted by Gasteiger charge is 2.01.